The summed E-state index contributed by atoms with van der Waals surface area (Å²) >= 11 is 5.83. The van der Waals surface area contributed by atoms with E-state index in [0.717, 1.165) is 5.56 Å². The summed E-state index contributed by atoms with van der Waals surface area (Å²) < 4.78 is 0. The summed E-state index contributed by atoms with van der Waals surface area (Å²) in [6.07, 6.45) is 0.571. The first-order valence-corrected chi connectivity index (χ1v) is 7.95. The molecule has 2 amide bonds. The van der Waals surface area contributed by atoms with Crippen LogP contribution in [-0.2, 0) is 9.59 Å². The molecule has 0 aromatic heterocycles. The molecular formula is C18H16ClN3O2. The first kappa shape index (κ1) is 16.2. The molecule has 0 saturated heterocycles. The Balaban J connectivity index is 1.80. The fourth-order valence-electron chi connectivity index (χ4n) is 2.34. The molecule has 2 aromatic carbocycles. The quantitative estimate of drug-likeness (QED) is 0.923. The van der Waals surface area contributed by atoms with Crippen LogP contribution in [0.4, 0.5) is 11.4 Å². The van der Waals surface area contributed by atoms with Crippen molar-refractivity contribution >= 4 is 40.5 Å². The first-order valence-electron chi connectivity index (χ1n) is 7.57. The van der Waals surface area contributed by atoms with Crippen LogP contribution in [0.25, 0.3) is 0 Å². The SMILES string of the molecule is Cc1ccc(N2N=C(C(=O)Nc3ccc(Cl)cc3)CCC2=O)cc1. The molecule has 1 N–H and O–H groups in total. The zero-order valence-corrected chi connectivity index (χ0v) is 13.9. The highest BCUT2D eigenvalue weighted by molar-refractivity contribution is 6.44. The molecule has 24 heavy (non-hydrogen) atoms. The summed E-state index contributed by atoms with van der Waals surface area (Å²) in [5.74, 6) is -0.441. The van der Waals surface area contributed by atoms with E-state index >= 15 is 0 Å². The van der Waals surface area contributed by atoms with Crippen molar-refractivity contribution in [2.75, 3.05) is 10.3 Å². The van der Waals surface area contributed by atoms with Crippen molar-refractivity contribution in [3.05, 3.63) is 59.1 Å². The lowest BCUT2D eigenvalue weighted by atomic mass is 10.1. The standard InChI is InChI=1S/C18H16ClN3O2/c1-12-2-8-15(9-3-12)22-17(23)11-10-16(21-22)18(24)20-14-6-4-13(19)5-7-14/h2-9H,10-11H2,1H3,(H,20,24). The van der Waals surface area contributed by atoms with E-state index in [2.05, 4.69) is 10.4 Å². The van der Waals surface area contributed by atoms with E-state index in [-0.39, 0.29) is 18.2 Å². The lowest BCUT2D eigenvalue weighted by molar-refractivity contribution is -0.118. The zero-order valence-electron chi connectivity index (χ0n) is 13.1. The van der Waals surface area contributed by atoms with Gasteiger partial charge in [-0.15, -0.1) is 0 Å². The molecule has 1 aliphatic heterocycles. The topological polar surface area (TPSA) is 61.8 Å². The second-order valence-electron chi connectivity index (χ2n) is 5.55. The number of nitrogens with zero attached hydrogens (tertiary/aromatic N) is 2. The van der Waals surface area contributed by atoms with Crippen LogP contribution in [0, 0.1) is 6.92 Å². The summed E-state index contributed by atoms with van der Waals surface area (Å²) in [5.41, 5.74) is 2.70. The van der Waals surface area contributed by atoms with Crippen LogP contribution in [-0.4, -0.2) is 17.5 Å². The normalized spacial score (nSPS) is 14.3. The molecule has 0 saturated carbocycles. The van der Waals surface area contributed by atoms with E-state index in [0.29, 0.717) is 28.5 Å². The molecule has 0 bridgehead atoms. The predicted molar refractivity (Wildman–Crippen MR) is 95.4 cm³/mol. The fourth-order valence-corrected chi connectivity index (χ4v) is 2.47. The number of carbonyl (C=O) groups is 2. The lowest BCUT2D eigenvalue weighted by Gasteiger charge is -2.23. The van der Waals surface area contributed by atoms with Gasteiger partial charge < -0.3 is 5.32 Å². The Bertz CT molecular complexity index is 798. The van der Waals surface area contributed by atoms with E-state index < -0.39 is 0 Å². The van der Waals surface area contributed by atoms with Gasteiger partial charge in [0.2, 0.25) is 5.91 Å². The van der Waals surface area contributed by atoms with Crippen molar-refractivity contribution in [2.45, 2.75) is 19.8 Å². The average Bonchev–Trinajstić information content (AvgIpc) is 2.58. The highest BCUT2D eigenvalue weighted by Gasteiger charge is 2.25. The van der Waals surface area contributed by atoms with Crippen molar-refractivity contribution in [3.63, 3.8) is 0 Å². The van der Waals surface area contributed by atoms with E-state index in [1.54, 1.807) is 24.3 Å². The van der Waals surface area contributed by atoms with E-state index in [9.17, 15) is 9.59 Å². The number of hydrazone groups is 1. The number of nitrogens with one attached hydrogen (secondary N) is 1. The van der Waals surface area contributed by atoms with E-state index in [1.807, 2.05) is 31.2 Å². The maximum atomic E-state index is 12.4. The van der Waals surface area contributed by atoms with Crippen molar-refractivity contribution in [1.82, 2.24) is 0 Å². The van der Waals surface area contributed by atoms with Crippen LogP contribution < -0.4 is 10.3 Å². The highest BCUT2D eigenvalue weighted by Crippen LogP contribution is 2.21. The number of hydrogen-bond donors (Lipinski definition) is 1. The Labute approximate surface area is 144 Å². The van der Waals surface area contributed by atoms with Gasteiger partial charge in [-0.3, -0.25) is 9.59 Å². The van der Waals surface area contributed by atoms with E-state index in [4.69, 9.17) is 11.6 Å². The molecule has 3 rings (SSSR count). The van der Waals surface area contributed by atoms with Gasteiger partial charge in [0, 0.05) is 23.6 Å². The maximum absolute atomic E-state index is 12.4. The molecule has 2 aromatic rings. The van der Waals surface area contributed by atoms with Crippen molar-refractivity contribution in [1.29, 1.82) is 0 Å². The molecule has 6 heteroatoms. The number of aryl methyl sites for hydroxylation is 1. The molecule has 0 atom stereocenters. The van der Waals surface area contributed by atoms with Crippen LogP contribution in [0.1, 0.15) is 18.4 Å². The number of carbonyl (C=O) groups excluding carboxylic acids is 2. The number of hydrogen-bond acceptors (Lipinski definition) is 3. The Kier molecular flexibility index (Phi) is 4.62. The van der Waals surface area contributed by atoms with E-state index in [1.165, 1.54) is 5.01 Å². The average molecular weight is 342 g/mol. The third-order valence-corrected chi connectivity index (χ3v) is 3.93. The summed E-state index contributed by atoms with van der Waals surface area (Å²) in [6, 6.07) is 14.3. The molecule has 1 aliphatic rings. The van der Waals surface area contributed by atoms with Gasteiger partial charge in [0.05, 0.1) is 5.69 Å². The minimum Gasteiger partial charge on any atom is -0.321 e. The smallest absolute Gasteiger partial charge is 0.271 e. The van der Waals surface area contributed by atoms with Gasteiger partial charge in [0.25, 0.3) is 5.91 Å². The Hall–Kier alpha value is -2.66. The number of rotatable bonds is 3. The predicted octanol–water partition coefficient (Wildman–Crippen LogP) is 3.77. The zero-order chi connectivity index (χ0) is 17.1. The number of halogens is 1. The molecule has 0 radical (unpaired) electrons. The number of amides is 2. The Morgan fingerprint density at radius 2 is 1.75 bits per heavy atom. The van der Waals surface area contributed by atoms with Gasteiger partial charge in [0.1, 0.15) is 5.71 Å². The van der Waals surface area contributed by atoms with Crippen LogP contribution in [0.15, 0.2) is 53.6 Å². The van der Waals surface area contributed by atoms with Crippen LogP contribution in [0.3, 0.4) is 0 Å². The van der Waals surface area contributed by atoms with Gasteiger partial charge in [-0.25, -0.2) is 5.01 Å². The summed E-state index contributed by atoms with van der Waals surface area (Å²) in [6.45, 7) is 1.97. The highest BCUT2D eigenvalue weighted by atomic mass is 35.5. The molecule has 0 aliphatic carbocycles. The second-order valence-corrected chi connectivity index (χ2v) is 5.99. The molecule has 0 unspecified atom stereocenters. The third kappa shape index (κ3) is 3.63. The largest absolute Gasteiger partial charge is 0.321 e. The van der Waals surface area contributed by atoms with Crippen molar-refractivity contribution < 1.29 is 9.59 Å². The number of benzene rings is 2. The molecule has 0 spiro atoms. The van der Waals surface area contributed by atoms with Gasteiger partial charge in [0.15, 0.2) is 0 Å². The molecule has 122 valence electrons. The molecular weight excluding hydrogens is 326 g/mol. The summed E-state index contributed by atoms with van der Waals surface area (Å²) in [5, 5.41) is 8.90. The van der Waals surface area contributed by atoms with Crippen LogP contribution in [0.2, 0.25) is 5.02 Å². The summed E-state index contributed by atoms with van der Waals surface area (Å²) in [7, 11) is 0. The third-order valence-electron chi connectivity index (χ3n) is 3.68. The Morgan fingerprint density at radius 1 is 1.08 bits per heavy atom. The Morgan fingerprint density at radius 3 is 2.42 bits per heavy atom. The van der Waals surface area contributed by atoms with Crippen molar-refractivity contribution in [2.24, 2.45) is 5.10 Å². The number of anilines is 2. The molecule has 5 nitrogen and oxygen atoms in total. The first-order chi connectivity index (χ1) is 11.5. The van der Waals surface area contributed by atoms with Gasteiger partial charge in [-0.2, -0.15) is 5.10 Å². The van der Waals surface area contributed by atoms with Crippen LogP contribution >= 0.6 is 11.6 Å². The minimum atomic E-state index is -0.318. The lowest BCUT2D eigenvalue weighted by Crippen LogP contribution is -2.36. The fraction of sp³-hybridized carbons (Fsp3) is 0.167. The minimum absolute atomic E-state index is 0.123. The maximum Gasteiger partial charge on any atom is 0.271 e. The van der Waals surface area contributed by atoms with Gasteiger partial charge in [-0.05, 0) is 43.3 Å². The monoisotopic (exact) mass is 341 g/mol. The van der Waals surface area contributed by atoms with Gasteiger partial charge >= 0.3 is 0 Å². The molecule has 1 heterocycles. The van der Waals surface area contributed by atoms with Crippen LogP contribution in [0.5, 0.6) is 0 Å². The molecule has 0 fully saturated rings. The van der Waals surface area contributed by atoms with Gasteiger partial charge in [-0.1, -0.05) is 29.3 Å². The summed E-state index contributed by atoms with van der Waals surface area (Å²) in [4.78, 5) is 24.5. The second kappa shape index (κ2) is 6.84. The van der Waals surface area contributed by atoms with Crippen molar-refractivity contribution in [3.8, 4) is 0 Å².